The van der Waals surface area contributed by atoms with Gasteiger partial charge in [-0.3, -0.25) is 24.1 Å². The average Bonchev–Trinajstić information content (AvgIpc) is 3.34. The Morgan fingerprint density at radius 2 is 1.74 bits per heavy atom. The molecule has 2 aliphatic heterocycles. The number of fused-ring (bicyclic) bond motifs is 1. The van der Waals surface area contributed by atoms with Crippen molar-refractivity contribution in [3.8, 4) is 5.75 Å². The van der Waals surface area contributed by atoms with Crippen molar-refractivity contribution in [2.45, 2.75) is 88.4 Å². The number of nitrogens with zero attached hydrogens (tertiary/aromatic N) is 2. The maximum atomic E-state index is 13.6. The third-order valence-electron chi connectivity index (χ3n) is 7.87. The molecule has 2 aliphatic carbocycles. The van der Waals surface area contributed by atoms with Gasteiger partial charge in [-0.05, 0) is 43.4 Å². The lowest BCUT2D eigenvalue weighted by atomic mass is 9.90. The third-order valence-corrected chi connectivity index (χ3v) is 7.87. The Hall–Kier alpha value is -2.45. The molecule has 0 spiro atoms. The van der Waals surface area contributed by atoms with Gasteiger partial charge in [0.05, 0.1) is 19.1 Å². The van der Waals surface area contributed by atoms with E-state index in [1.807, 2.05) is 24.3 Å². The van der Waals surface area contributed by atoms with Crippen molar-refractivity contribution < 1.29 is 24.0 Å². The van der Waals surface area contributed by atoms with Crippen molar-refractivity contribution in [2.24, 2.45) is 5.92 Å². The van der Waals surface area contributed by atoms with Crippen molar-refractivity contribution in [2.75, 3.05) is 13.7 Å². The lowest BCUT2D eigenvalue weighted by molar-refractivity contribution is -0.184. The van der Waals surface area contributed by atoms with E-state index in [0.29, 0.717) is 5.75 Å². The molecule has 0 radical (unpaired) electrons. The summed E-state index contributed by atoms with van der Waals surface area (Å²) in [5, 5.41) is 4.68. The molecule has 1 aromatic carbocycles. The SMILES string of the molecule is COc1cccc(C2C3C(=O)N(C4CCCCC4)C(=O)C3ON2CC(=O)NC2CCCCC2)c1. The first kappa shape index (κ1) is 23.3. The molecule has 184 valence electrons. The molecule has 1 aromatic rings. The Morgan fingerprint density at radius 1 is 1.03 bits per heavy atom. The largest absolute Gasteiger partial charge is 0.497 e. The van der Waals surface area contributed by atoms with Gasteiger partial charge >= 0.3 is 0 Å². The first-order valence-electron chi connectivity index (χ1n) is 12.8. The van der Waals surface area contributed by atoms with Gasteiger partial charge in [0.15, 0.2) is 6.10 Å². The number of likely N-dealkylation sites (tertiary alicyclic amines) is 1. The van der Waals surface area contributed by atoms with Gasteiger partial charge in [-0.25, -0.2) is 0 Å². The highest BCUT2D eigenvalue weighted by atomic mass is 16.7. The Balaban J connectivity index is 1.39. The van der Waals surface area contributed by atoms with Crippen molar-refractivity contribution in [1.82, 2.24) is 15.3 Å². The predicted molar refractivity (Wildman–Crippen MR) is 125 cm³/mol. The number of ether oxygens (including phenoxy) is 1. The molecule has 4 aliphatic rings. The minimum absolute atomic E-state index is 0.0185. The van der Waals surface area contributed by atoms with Crippen molar-refractivity contribution in [1.29, 1.82) is 0 Å². The van der Waals surface area contributed by atoms with Crippen LogP contribution in [-0.4, -0.2) is 59.5 Å². The number of hydrogen-bond donors (Lipinski definition) is 1. The molecule has 5 rings (SSSR count). The van der Waals surface area contributed by atoms with Crippen LogP contribution in [0.5, 0.6) is 5.75 Å². The van der Waals surface area contributed by atoms with Crippen LogP contribution in [0.25, 0.3) is 0 Å². The molecular weight excluding hydrogens is 434 g/mol. The van der Waals surface area contributed by atoms with Crippen LogP contribution in [0.1, 0.15) is 75.8 Å². The zero-order valence-electron chi connectivity index (χ0n) is 19.9. The van der Waals surface area contributed by atoms with Crippen molar-refractivity contribution in [3.05, 3.63) is 29.8 Å². The number of nitrogens with one attached hydrogen (secondary N) is 1. The molecule has 0 bridgehead atoms. The molecule has 2 saturated heterocycles. The van der Waals surface area contributed by atoms with Crippen LogP contribution in [0, 0.1) is 5.92 Å². The number of hydroxylamine groups is 2. The van der Waals surface area contributed by atoms with Crippen LogP contribution >= 0.6 is 0 Å². The number of carbonyl (C=O) groups excluding carboxylic acids is 3. The number of hydrogen-bond acceptors (Lipinski definition) is 6. The Kier molecular flexibility index (Phi) is 6.88. The summed E-state index contributed by atoms with van der Waals surface area (Å²) in [6.45, 7) is -0.0185. The first-order valence-corrected chi connectivity index (χ1v) is 12.8. The van der Waals surface area contributed by atoms with Crippen LogP contribution in [0.2, 0.25) is 0 Å². The number of imide groups is 1. The Morgan fingerprint density at radius 3 is 2.44 bits per heavy atom. The fraction of sp³-hybridized carbons (Fsp3) is 0.654. The number of benzene rings is 1. The van der Waals surface area contributed by atoms with Gasteiger partial charge in [0.25, 0.3) is 5.91 Å². The molecule has 4 fully saturated rings. The quantitative estimate of drug-likeness (QED) is 0.644. The molecule has 3 unspecified atom stereocenters. The molecule has 2 saturated carbocycles. The lowest BCUT2D eigenvalue weighted by Gasteiger charge is -2.32. The van der Waals surface area contributed by atoms with E-state index >= 15 is 0 Å². The third kappa shape index (κ3) is 4.45. The molecule has 2 heterocycles. The highest BCUT2D eigenvalue weighted by Crippen LogP contribution is 2.46. The summed E-state index contributed by atoms with van der Waals surface area (Å²) in [6, 6.07) is 7.09. The average molecular weight is 470 g/mol. The summed E-state index contributed by atoms with van der Waals surface area (Å²) in [5.41, 5.74) is 0.809. The van der Waals surface area contributed by atoms with E-state index in [4.69, 9.17) is 9.57 Å². The van der Waals surface area contributed by atoms with Crippen molar-refractivity contribution >= 4 is 17.7 Å². The zero-order chi connectivity index (χ0) is 23.7. The summed E-state index contributed by atoms with van der Waals surface area (Å²) >= 11 is 0. The van der Waals surface area contributed by atoms with E-state index in [2.05, 4.69) is 5.32 Å². The summed E-state index contributed by atoms with van der Waals surface area (Å²) in [6.07, 6.45) is 9.49. The molecule has 34 heavy (non-hydrogen) atoms. The van der Waals surface area contributed by atoms with E-state index in [1.165, 1.54) is 11.3 Å². The number of carbonyl (C=O) groups is 3. The van der Waals surface area contributed by atoms with Crippen LogP contribution in [0.3, 0.4) is 0 Å². The second-order valence-corrected chi connectivity index (χ2v) is 10.1. The van der Waals surface area contributed by atoms with Gasteiger partial charge in [-0.2, -0.15) is 5.06 Å². The summed E-state index contributed by atoms with van der Waals surface area (Å²) in [5.74, 6) is -0.573. The second kappa shape index (κ2) is 10.0. The highest BCUT2D eigenvalue weighted by molar-refractivity contribution is 6.07. The highest BCUT2D eigenvalue weighted by Gasteiger charge is 2.61. The van der Waals surface area contributed by atoms with Gasteiger partial charge in [-0.15, -0.1) is 0 Å². The summed E-state index contributed by atoms with van der Waals surface area (Å²) in [4.78, 5) is 47.5. The summed E-state index contributed by atoms with van der Waals surface area (Å²) in [7, 11) is 1.59. The Labute approximate surface area is 200 Å². The first-order chi connectivity index (χ1) is 16.6. The van der Waals surface area contributed by atoms with Crippen molar-refractivity contribution in [3.63, 3.8) is 0 Å². The van der Waals surface area contributed by atoms with Gasteiger partial charge in [-0.1, -0.05) is 50.7 Å². The number of rotatable bonds is 6. The standard InChI is InChI=1S/C26H35N3O5/c1-33-20-14-8-9-17(15-20)23-22-24(26(32)29(25(22)31)19-12-6-3-7-13-19)34-28(23)16-21(30)27-18-10-4-2-5-11-18/h8-9,14-15,18-19,22-24H,2-7,10-13,16H2,1H3,(H,27,30). The van der Waals surface area contributed by atoms with Crippen LogP contribution < -0.4 is 10.1 Å². The molecule has 0 aromatic heterocycles. The Bertz CT molecular complexity index is 925. The van der Waals surface area contributed by atoms with Gasteiger partial charge < -0.3 is 10.1 Å². The van der Waals surface area contributed by atoms with E-state index in [0.717, 1.165) is 63.4 Å². The normalized spacial score (nSPS) is 28.9. The fourth-order valence-electron chi connectivity index (χ4n) is 6.19. The zero-order valence-corrected chi connectivity index (χ0v) is 19.9. The van der Waals surface area contributed by atoms with E-state index in [9.17, 15) is 14.4 Å². The van der Waals surface area contributed by atoms with E-state index in [1.54, 1.807) is 12.2 Å². The van der Waals surface area contributed by atoms with Gasteiger partial charge in [0.1, 0.15) is 12.3 Å². The minimum atomic E-state index is -0.881. The molecule has 1 N–H and O–H groups in total. The van der Waals surface area contributed by atoms with E-state index < -0.39 is 18.1 Å². The minimum Gasteiger partial charge on any atom is -0.497 e. The van der Waals surface area contributed by atoms with Crippen LogP contribution in [0.15, 0.2) is 24.3 Å². The lowest BCUT2D eigenvalue weighted by Crippen LogP contribution is -2.46. The topological polar surface area (TPSA) is 88.2 Å². The predicted octanol–water partition coefficient (Wildman–Crippen LogP) is 3.12. The second-order valence-electron chi connectivity index (χ2n) is 10.1. The molecule has 3 amide bonds. The molecule has 8 nitrogen and oxygen atoms in total. The van der Waals surface area contributed by atoms with Crippen LogP contribution in [-0.2, 0) is 19.2 Å². The fourth-order valence-corrected chi connectivity index (χ4v) is 6.19. The number of methoxy groups -OCH3 is 1. The van der Waals surface area contributed by atoms with Crippen LogP contribution in [0.4, 0.5) is 0 Å². The smallest absolute Gasteiger partial charge is 0.261 e. The van der Waals surface area contributed by atoms with Gasteiger partial charge in [0, 0.05) is 12.1 Å². The molecule has 3 atom stereocenters. The maximum Gasteiger partial charge on any atom is 0.261 e. The van der Waals surface area contributed by atoms with E-state index in [-0.39, 0.29) is 36.3 Å². The molecule has 8 heteroatoms. The monoisotopic (exact) mass is 469 g/mol. The summed E-state index contributed by atoms with van der Waals surface area (Å²) < 4.78 is 5.41. The maximum absolute atomic E-state index is 13.6. The molecular formula is C26H35N3O5. The number of amides is 3. The van der Waals surface area contributed by atoms with Gasteiger partial charge in [0.2, 0.25) is 11.8 Å².